The van der Waals surface area contributed by atoms with Gasteiger partial charge in [-0.15, -0.1) is 0 Å². The van der Waals surface area contributed by atoms with E-state index >= 15 is 0 Å². The van der Waals surface area contributed by atoms with Crippen LogP contribution in [-0.4, -0.2) is 16.7 Å². The third-order valence-electron chi connectivity index (χ3n) is 2.34. The van der Waals surface area contributed by atoms with Crippen LogP contribution in [0.2, 0.25) is 0 Å². The van der Waals surface area contributed by atoms with Gasteiger partial charge in [-0.1, -0.05) is 0 Å². The minimum Gasteiger partial charge on any atom is -0.485 e. The molecule has 0 atom stereocenters. The Balaban J connectivity index is 2.31. The number of hydrogen-bond donors (Lipinski definition) is 0. The van der Waals surface area contributed by atoms with Gasteiger partial charge in [0.1, 0.15) is 11.3 Å². The smallest absolute Gasteiger partial charge is 0.433 e. The zero-order chi connectivity index (χ0) is 14.3. The van der Waals surface area contributed by atoms with E-state index in [9.17, 15) is 13.2 Å². The van der Waals surface area contributed by atoms with Gasteiger partial charge in [0.25, 0.3) is 5.88 Å². The molecular weight excluding hydrogens is 259 g/mol. The first-order valence-corrected chi connectivity index (χ1v) is 6.09. The van der Waals surface area contributed by atoms with E-state index < -0.39 is 17.5 Å². The van der Waals surface area contributed by atoms with E-state index in [1.807, 2.05) is 0 Å². The molecule has 1 aliphatic carbocycles. The molecule has 1 aromatic heterocycles. The minimum absolute atomic E-state index is 0.0702. The Morgan fingerprint density at radius 3 is 2.26 bits per heavy atom. The highest BCUT2D eigenvalue weighted by Crippen LogP contribution is 2.37. The van der Waals surface area contributed by atoms with Crippen LogP contribution in [-0.2, 0) is 6.18 Å². The number of aromatic nitrogens is 1. The van der Waals surface area contributed by atoms with E-state index in [0.717, 1.165) is 18.9 Å². The summed E-state index contributed by atoms with van der Waals surface area (Å²) in [5, 5.41) is 0. The van der Waals surface area contributed by atoms with Crippen LogP contribution in [0.1, 0.15) is 39.3 Å². The van der Waals surface area contributed by atoms with Gasteiger partial charge in [0.2, 0.25) is 0 Å². The van der Waals surface area contributed by atoms with Crippen LogP contribution in [0.25, 0.3) is 0 Å². The zero-order valence-electron chi connectivity index (χ0n) is 11.0. The fourth-order valence-corrected chi connectivity index (χ4v) is 1.40. The van der Waals surface area contributed by atoms with Gasteiger partial charge >= 0.3 is 6.18 Å². The van der Waals surface area contributed by atoms with Gasteiger partial charge in [-0.2, -0.15) is 13.2 Å². The molecular formula is C13H16F3NO2. The Morgan fingerprint density at radius 2 is 1.79 bits per heavy atom. The normalized spacial score (nSPS) is 16.3. The third kappa shape index (κ3) is 4.01. The molecule has 1 aliphatic rings. The molecule has 3 nitrogen and oxygen atoms in total. The molecule has 0 aliphatic heterocycles. The standard InChI is InChI=1S/C13H16F3NO2/c1-12(2,3)19-11-9(18-8-4-5-8)6-7-10(17-11)13(14,15)16/h6-8H,4-5H2,1-3H3. The third-order valence-corrected chi connectivity index (χ3v) is 2.34. The Hall–Kier alpha value is -1.46. The summed E-state index contributed by atoms with van der Waals surface area (Å²) >= 11 is 0. The van der Waals surface area contributed by atoms with Crippen LogP contribution in [0.5, 0.6) is 11.6 Å². The highest BCUT2D eigenvalue weighted by Gasteiger charge is 2.35. The van der Waals surface area contributed by atoms with E-state index in [2.05, 4.69) is 4.98 Å². The average Bonchev–Trinajstić information content (AvgIpc) is 3.00. The quantitative estimate of drug-likeness (QED) is 0.840. The molecule has 1 heterocycles. The van der Waals surface area contributed by atoms with Crippen molar-refractivity contribution in [2.24, 2.45) is 0 Å². The molecule has 0 aromatic carbocycles. The average molecular weight is 275 g/mol. The fraction of sp³-hybridized carbons (Fsp3) is 0.615. The fourth-order valence-electron chi connectivity index (χ4n) is 1.40. The lowest BCUT2D eigenvalue weighted by Crippen LogP contribution is -2.24. The summed E-state index contributed by atoms with van der Waals surface area (Å²) in [6, 6.07) is 2.18. The van der Waals surface area contributed by atoms with Crippen molar-refractivity contribution in [1.29, 1.82) is 0 Å². The Labute approximate surface area is 109 Å². The molecule has 1 saturated carbocycles. The van der Waals surface area contributed by atoms with Gasteiger partial charge in [-0.05, 0) is 45.7 Å². The van der Waals surface area contributed by atoms with Crippen molar-refractivity contribution in [2.75, 3.05) is 0 Å². The maximum Gasteiger partial charge on any atom is 0.433 e. The lowest BCUT2D eigenvalue weighted by Gasteiger charge is -2.22. The summed E-state index contributed by atoms with van der Waals surface area (Å²) in [5.41, 5.74) is -1.62. The molecule has 0 saturated heterocycles. The molecule has 6 heteroatoms. The van der Waals surface area contributed by atoms with Gasteiger partial charge in [-0.25, -0.2) is 4.98 Å². The van der Waals surface area contributed by atoms with Crippen LogP contribution in [0.4, 0.5) is 13.2 Å². The van der Waals surface area contributed by atoms with Crippen LogP contribution in [0, 0.1) is 0 Å². The van der Waals surface area contributed by atoms with E-state index in [-0.39, 0.29) is 17.7 Å². The van der Waals surface area contributed by atoms with Gasteiger partial charge < -0.3 is 9.47 Å². The van der Waals surface area contributed by atoms with E-state index in [1.165, 1.54) is 6.07 Å². The number of rotatable bonds is 3. The lowest BCUT2D eigenvalue weighted by atomic mass is 10.2. The maximum absolute atomic E-state index is 12.6. The predicted molar refractivity (Wildman–Crippen MR) is 63.3 cm³/mol. The van der Waals surface area contributed by atoms with Crippen molar-refractivity contribution in [1.82, 2.24) is 4.98 Å². The Morgan fingerprint density at radius 1 is 1.16 bits per heavy atom. The number of hydrogen-bond acceptors (Lipinski definition) is 3. The first kappa shape index (κ1) is 14.0. The number of alkyl halides is 3. The van der Waals surface area contributed by atoms with Crippen molar-refractivity contribution in [3.8, 4) is 11.6 Å². The van der Waals surface area contributed by atoms with Crippen LogP contribution < -0.4 is 9.47 Å². The maximum atomic E-state index is 12.6. The first-order valence-electron chi connectivity index (χ1n) is 6.09. The van der Waals surface area contributed by atoms with Crippen molar-refractivity contribution < 1.29 is 22.6 Å². The summed E-state index contributed by atoms with van der Waals surface area (Å²) in [6.07, 6.45) is -2.60. The predicted octanol–water partition coefficient (Wildman–Crippen LogP) is 3.82. The Kier molecular flexibility index (Phi) is 3.36. The molecule has 106 valence electrons. The molecule has 0 bridgehead atoms. The first-order chi connectivity index (χ1) is 8.65. The second-order valence-electron chi connectivity index (χ2n) is 5.53. The SMILES string of the molecule is CC(C)(C)Oc1nc(C(F)(F)F)ccc1OC1CC1. The summed E-state index contributed by atoms with van der Waals surface area (Å²) < 4.78 is 48.9. The highest BCUT2D eigenvalue weighted by molar-refractivity contribution is 5.36. The second kappa shape index (κ2) is 4.58. The van der Waals surface area contributed by atoms with Gasteiger partial charge in [0.15, 0.2) is 5.75 Å². The number of pyridine rings is 1. The second-order valence-corrected chi connectivity index (χ2v) is 5.53. The van der Waals surface area contributed by atoms with Gasteiger partial charge in [0, 0.05) is 0 Å². The molecule has 1 fully saturated rings. The molecule has 0 radical (unpaired) electrons. The van der Waals surface area contributed by atoms with Crippen molar-refractivity contribution in [3.63, 3.8) is 0 Å². The van der Waals surface area contributed by atoms with Crippen molar-refractivity contribution >= 4 is 0 Å². The molecule has 1 aromatic rings. The van der Waals surface area contributed by atoms with Gasteiger partial charge in [-0.3, -0.25) is 0 Å². The van der Waals surface area contributed by atoms with Crippen LogP contribution >= 0.6 is 0 Å². The number of nitrogens with zero attached hydrogens (tertiary/aromatic N) is 1. The summed E-state index contributed by atoms with van der Waals surface area (Å²) in [4.78, 5) is 3.54. The van der Waals surface area contributed by atoms with E-state index in [1.54, 1.807) is 20.8 Å². The van der Waals surface area contributed by atoms with Crippen molar-refractivity contribution in [2.45, 2.75) is 51.5 Å². The summed E-state index contributed by atoms with van der Waals surface area (Å²) in [7, 11) is 0. The summed E-state index contributed by atoms with van der Waals surface area (Å²) in [6.45, 7) is 5.24. The van der Waals surface area contributed by atoms with Crippen molar-refractivity contribution in [3.05, 3.63) is 17.8 Å². The molecule has 0 spiro atoms. The van der Waals surface area contributed by atoms with E-state index in [4.69, 9.17) is 9.47 Å². The number of halogens is 3. The number of ether oxygens (including phenoxy) is 2. The molecule has 2 rings (SSSR count). The van der Waals surface area contributed by atoms with Crippen LogP contribution in [0.3, 0.4) is 0 Å². The zero-order valence-corrected chi connectivity index (χ0v) is 11.0. The van der Waals surface area contributed by atoms with Crippen LogP contribution in [0.15, 0.2) is 12.1 Å². The lowest BCUT2D eigenvalue weighted by molar-refractivity contribution is -0.141. The largest absolute Gasteiger partial charge is 0.485 e. The summed E-state index contributed by atoms with van der Waals surface area (Å²) in [5.74, 6) is 0.166. The molecule has 0 unspecified atom stereocenters. The molecule has 0 amide bonds. The molecule has 19 heavy (non-hydrogen) atoms. The Bertz CT molecular complexity index is 462. The van der Waals surface area contributed by atoms with E-state index in [0.29, 0.717) is 0 Å². The van der Waals surface area contributed by atoms with Gasteiger partial charge in [0.05, 0.1) is 6.10 Å². The topological polar surface area (TPSA) is 31.4 Å². The highest BCUT2D eigenvalue weighted by atomic mass is 19.4. The minimum atomic E-state index is -4.49. The molecule has 0 N–H and O–H groups in total. The monoisotopic (exact) mass is 275 g/mol.